The average Bonchev–Trinajstić information content (AvgIpc) is 2.23. The largest absolute Gasteiger partial charge is 0.492 e. The highest BCUT2D eigenvalue weighted by Gasteiger charge is 2.16. The number of halogens is 1. The fourth-order valence-corrected chi connectivity index (χ4v) is 2.65. The molecule has 0 unspecified atom stereocenters. The molecule has 1 aromatic rings. The van der Waals surface area contributed by atoms with Crippen molar-refractivity contribution in [2.24, 2.45) is 5.14 Å². The number of ether oxygens (including phenoxy) is 1. The molecule has 0 saturated heterocycles. The lowest BCUT2D eigenvalue weighted by molar-refractivity contribution is 0.309. The molecule has 0 aromatic heterocycles. The Morgan fingerprint density at radius 1 is 1.26 bits per heavy atom. The minimum atomic E-state index is -4.10. The quantitative estimate of drug-likeness (QED) is 0.760. The maximum absolute atomic E-state index is 13.0. The Morgan fingerprint density at radius 3 is 2.42 bits per heavy atom. The molecule has 0 heterocycles. The molecule has 0 aliphatic heterocycles. The van der Waals surface area contributed by atoms with Gasteiger partial charge in [0, 0.05) is 6.26 Å². The normalized spacial score (nSPS) is 12.4. The van der Waals surface area contributed by atoms with E-state index in [2.05, 4.69) is 0 Å². The lowest BCUT2D eigenvalue weighted by atomic mass is 10.3. The van der Waals surface area contributed by atoms with Crippen molar-refractivity contribution in [2.45, 2.75) is 11.3 Å². The molecular weight excluding hydrogens is 297 g/mol. The molecule has 0 radical (unpaired) electrons. The maximum Gasteiger partial charge on any atom is 0.241 e. The first-order valence-electron chi connectivity index (χ1n) is 5.22. The summed E-state index contributed by atoms with van der Waals surface area (Å²) in [7, 11) is -7.21. The van der Waals surface area contributed by atoms with Gasteiger partial charge in [0.15, 0.2) is 0 Å². The number of rotatable bonds is 6. The molecule has 0 fully saturated rings. The minimum absolute atomic E-state index is 0.0127. The smallest absolute Gasteiger partial charge is 0.241 e. The first kappa shape index (κ1) is 15.9. The summed E-state index contributed by atoms with van der Waals surface area (Å²) in [6.07, 6.45) is 1.28. The van der Waals surface area contributed by atoms with Gasteiger partial charge < -0.3 is 4.74 Å². The molecule has 1 rings (SSSR count). The molecule has 6 nitrogen and oxygen atoms in total. The fraction of sp³-hybridized carbons (Fsp3) is 0.400. The van der Waals surface area contributed by atoms with Gasteiger partial charge in [-0.15, -0.1) is 0 Å². The number of sulfonamides is 1. The second-order valence-corrected chi connectivity index (χ2v) is 7.76. The van der Waals surface area contributed by atoms with Crippen LogP contribution in [0.1, 0.15) is 6.42 Å². The monoisotopic (exact) mass is 311 g/mol. The van der Waals surface area contributed by atoms with E-state index in [4.69, 9.17) is 9.88 Å². The first-order chi connectivity index (χ1) is 8.59. The molecule has 2 N–H and O–H groups in total. The van der Waals surface area contributed by atoms with Crippen molar-refractivity contribution in [3.05, 3.63) is 24.0 Å². The Bertz CT molecular complexity index is 654. The second-order valence-electron chi connectivity index (χ2n) is 3.97. The summed E-state index contributed by atoms with van der Waals surface area (Å²) in [5.41, 5.74) is 0. The summed E-state index contributed by atoms with van der Waals surface area (Å²) in [5.74, 6) is -0.941. The predicted molar refractivity (Wildman–Crippen MR) is 67.6 cm³/mol. The van der Waals surface area contributed by atoms with E-state index < -0.39 is 30.6 Å². The number of primary sulfonamides is 1. The van der Waals surface area contributed by atoms with Crippen molar-refractivity contribution in [1.82, 2.24) is 0 Å². The van der Waals surface area contributed by atoms with Crippen LogP contribution in [0, 0.1) is 5.82 Å². The molecule has 0 amide bonds. The van der Waals surface area contributed by atoms with Crippen molar-refractivity contribution in [2.75, 3.05) is 18.6 Å². The molecule has 19 heavy (non-hydrogen) atoms. The molecular formula is C10H14FNO5S2. The fourth-order valence-electron chi connectivity index (χ4n) is 1.33. The van der Waals surface area contributed by atoms with Crippen LogP contribution in [-0.4, -0.2) is 35.5 Å². The van der Waals surface area contributed by atoms with Gasteiger partial charge in [-0.2, -0.15) is 0 Å². The zero-order valence-electron chi connectivity index (χ0n) is 10.2. The van der Waals surface area contributed by atoms with Gasteiger partial charge in [-0.1, -0.05) is 0 Å². The van der Waals surface area contributed by atoms with Crippen LogP contribution in [0.3, 0.4) is 0 Å². The van der Waals surface area contributed by atoms with Crippen LogP contribution in [0.5, 0.6) is 5.75 Å². The van der Waals surface area contributed by atoms with Crippen LogP contribution in [0.25, 0.3) is 0 Å². The lowest BCUT2D eigenvalue weighted by Gasteiger charge is -2.09. The van der Waals surface area contributed by atoms with Gasteiger partial charge in [-0.05, 0) is 24.6 Å². The topological polar surface area (TPSA) is 104 Å². The number of sulfone groups is 1. The van der Waals surface area contributed by atoms with Gasteiger partial charge in [0.25, 0.3) is 0 Å². The summed E-state index contributed by atoms with van der Waals surface area (Å²) in [6.45, 7) is -0.0127. The highest BCUT2D eigenvalue weighted by Crippen LogP contribution is 2.23. The van der Waals surface area contributed by atoms with E-state index in [1.54, 1.807) is 0 Å². The van der Waals surface area contributed by atoms with E-state index in [1.807, 2.05) is 0 Å². The molecule has 0 atom stereocenters. The van der Waals surface area contributed by atoms with Crippen LogP contribution in [0.2, 0.25) is 0 Å². The maximum atomic E-state index is 13.0. The Hall–Kier alpha value is -1.19. The second kappa shape index (κ2) is 5.85. The molecule has 0 saturated carbocycles. The van der Waals surface area contributed by atoms with E-state index >= 15 is 0 Å². The number of hydrogen-bond acceptors (Lipinski definition) is 5. The minimum Gasteiger partial charge on any atom is -0.492 e. The van der Waals surface area contributed by atoms with Crippen LogP contribution < -0.4 is 9.88 Å². The average molecular weight is 311 g/mol. The molecule has 0 bridgehead atoms. The molecule has 0 spiro atoms. The van der Waals surface area contributed by atoms with Crippen molar-refractivity contribution < 1.29 is 26.0 Å². The van der Waals surface area contributed by atoms with Crippen molar-refractivity contribution in [1.29, 1.82) is 0 Å². The Labute approximate surface area is 111 Å². The molecule has 1 aromatic carbocycles. The van der Waals surface area contributed by atoms with E-state index in [0.29, 0.717) is 0 Å². The zero-order chi connectivity index (χ0) is 14.7. The van der Waals surface area contributed by atoms with E-state index in [9.17, 15) is 21.2 Å². The van der Waals surface area contributed by atoms with E-state index in [0.717, 1.165) is 24.5 Å². The van der Waals surface area contributed by atoms with Crippen molar-refractivity contribution >= 4 is 19.9 Å². The van der Waals surface area contributed by atoms with Crippen LogP contribution >= 0.6 is 0 Å². The van der Waals surface area contributed by atoms with E-state index in [1.165, 1.54) is 0 Å². The Morgan fingerprint density at radius 2 is 1.89 bits per heavy atom. The third kappa shape index (κ3) is 5.53. The van der Waals surface area contributed by atoms with Crippen LogP contribution in [0.4, 0.5) is 4.39 Å². The summed E-state index contributed by atoms with van der Waals surface area (Å²) in [6, 6.07) is 2.91. The van der Waals surface area contributed by atoms with Gasteiger partial charge in [-0.25, -0.2) is 26.4 Å². The summed E-state index contributed by atoms with van der Waals surface area (Å²) in [4.78, 5) is -0.466. The highest BCUT2D eigenvalue weighted by atomic mass is 32.2. The van der Waals surface area contributed by atoms with Crippen molar-refractivity contribution in [3.8, 4) is 5.75 Å². The number of benzene rings is 1. The molecule has 9 heteroatoms. The van der Waals surface area contributed by atoms with Crippen molar-refractivity contribution in [3.63, 3.8) is 0 Å². The van der Waals surface area contributed by atoms with E-state index in [-0.39, 0.29) is 24.5 Å². The lowest BCUT2D eigenvalue weighted by Crippen LogP contribution is -2.15. The van der Waals surface area contributed by atoms with Gasteiger partial charge in [0.2, 0.25) is 10.0 Å². The Balaban J connectivity index is 2.79. The summed E-state index contributed by atoms with van der Waals surface area (Å²) in [5, 5.41) is 4.93. The Kier molecular flexibility index (Phi) is 4.88. The van der Waals surface area contributed by atoms with Gasteiger partial charge in [0.1, 0.15) is 26.3 Å². The summed E-state index contributed by atoms with van der Waals surface area (Å²) >= 11 is 0. The third-order valence-electron chi connectivity index (χ3n) is 2.13. The molecule has 0 aliphatic rings. The zero-order valence-corrected chi connectivity index (χ0v) is 11.8. The van der Waals surface area contributed by atoms with Crippen LogP contribution in [-0.2, 0) is 19.9 Å². The molecule has 0 aliphatic carbocycles. The van der Waals surface area contributed by atoms with Gasteiger partial charge in [-0.3, -0.25) is 0 Å². The SMILES string of the molecule is CS(=O)(=O)CCCOc1ccc(F)cc1S(N)(=O)=O. The van der Waals surface area contributed by atoms with Gasteiger partial charge in [0.05, 0.1) is 12.4 Å². The third-order valence-corrected chi connectivity index (χ3v) is 4.09. The van der Waals surface area contributed by atoms with Crippen LogP contribution in [0.15, 0.2) is 23.1 Å². The standard InChI is InChI=1S/C10H14FNO5S2/c1-18(13,14)6-2-5-17-9-4-3-8(11)7-10(9)19(12,15)16/h3-4,7H,2,5-6H2,1H3,(H2,12,15,16). The highest BCUT2D eigenvalue weighted by molar-refractivity contribution is 7.90. The summed E-state index contributed by atoms with van der Waals surface area (Å²) < 4.78 is 62.3. The van der Waals surface area contributed by atoms with Gasteiger partial charge >= 0.3 is 0 Å². The molecule has 108 valence electrons. The number of hydrogen-bond donors (Lipinski definition) is 1. The number of nitrogens with two attached hydrogens (primary N) is 1. The first-order valence-corrected chi connectivity index (χ1v) is 8.83. The predicted octanol–water partition coefficient (Wildman–Crippen LogP) is 0.287.